The van der Waals surface area contributed by atoms with Crippen LogP contribution in [0.4, 0.5) is 5.82 Å². The Hall–Kier alpha value is -2.98. The van der Waals surface area contributed by atoms with Gasteiger partial charge in [-0.3, -0.25) is 18.9 Å². The molecule has 4 rings (SSSR count). The van der Waals surface area contributed by atoms with Gasteiger partial charge in [0, 0.05) is 37.7 Å². The first kappa shape index (κ1) is 22.2. The molecule has 10 heteroatoms. The molecule has 1 aliphatic rings. The summed E-state index contributed by atoms with van der Waals surface area (Å²) in [5, 5.41) is 3.28. The van der Waals surface area contributed by atoms with E-state index in [1.807, 2.05) is 30.7 Å². The lowest BCUT2D eigenvalue weighted by molar-refractivity contribution is -0.123. The molecular weight excluding hydrogens is 444 g/mol. The molecule has 1 aliphatic heterocycles. The van der Waals surface area contributed by atoms with Crippen molar-refractivity contribution in [1.29, 1.82) is 0 Å². The van der Waals surface area contributed by atoms with Gasteiger partial charge in [-0.2, -0.15) is 0 Å². The Kier molecular flexibility index (Phi) is 6.71. The van der Waals surface area contributed by atoms with Crippen LogP contribution in [0.15, 0.2) is 52.8 Å². The number of imidazole rings is 1. The van der Waals surface area contributed by atoms with Crippen LogP contribution in [0.5, 0.6) is 0 Å². The van der Waals surface area contributed by atoms with Gasteiger partial charge in [0.15, 0.2) is 0 Å². The highest BCUT2D eigenvalue weighted by Crippen LogP contribution is 2.34. The topological polar surface area (TPSA) is 84.5 Å². The number of amides is 1. The first-order chi connectivity index (χ1) is 15.5. The molecule has 166 valence electrons. The van der Waals surface area contributed by atoms with E-state index >= 15 is 0 Å². The molecule has 0 saturated carbocycles. The molecule has 0 aliphatic carbocycles. The summed E-state index contributed by atoms with van der Waals surface area (Å²) in [4.78, 5) is 37.0. The summed E-state index contributed by atoms with van der Waals surface area (Å²) < 4.78 is 3.99. The summed E-state index contributed by atoms with van der Waals surface area (Å²) in [5.74, 6) is 0.290. The van der Waals surface area contributed by atoms with E-state index in [2.05, 4.69) is 15.3 Å². The van der Waals surface area contributed by atoms with Crippen LogP contribution in [0.2, 0.25) is 0 Å². The molecule has 1 atom stereocenters. The number of hydrogen-bond acceptors (Lipinski definition) is 7. The minimum atomic E-state index is -0.235. The number of carbonyl (C=O) groups excluding carboxylic acids is 1. The molecule has 0 bridgehead atoms. The van der Waals surface area contributed by atoms with Crippen molar-refractivity contribution >= 4 is 51.7 Å². The van der Waals surface area contributed by atoms with Crippen molar-refractivity contribution in [3.8, 4) is 0 Å². The Bertz CT molecular complexity index is 1230. The van der Waals surface area contributed by atoms with Gasteiger partial charge in [-0.15, -0.1) is 0 Å². The van der Waals surface area contributed by atoms with E-state index in [0.717, 1.165) is 19.4 Å². The number of aryl methyl sites for hydroxylation is 1. The average molecular weight is 469 g/mol. The van der Waals surface area contributed by atoms with Crippen LogP contribution in [0.1, 0.15) is 32.3 Å². The summed E-state index contributed by atoms with van der Waals surface area (Å²) in [6, 6.07) is 5.40. The Balaban J connectivity index is 1.66. The van der Waals surface area contributed by atoms with Gasteiger partial charge < -0.3 is 9.88 Å². The standard InChI is InChI=1S/C22H24N6O2S2/c1-3-15(2)28-21(30)17(32-22(28)31)13-16-19(24-8-6-10-26-12-9-23-14-26)25-18-7-4-5-11-27(18)20(16)29/h4-5,7,9,11-15,24H,3,6,8,10H2,1-2H3/b17-13-. The Morgan fingerprint density at radius 3 is 2.88 bits per heavy atom. The van der Waals surface area contributed by atoms with Gasteiger partial charge in [-0.25, -0.2) is 9.97 Å². The number of aromatic nitrogens is 4. The molecule has 0 spiro atoms. The largest absolute Gasteiger partial charge is 0.369 e. The van der Waals surface area contributed by atoms with E-state index in [4.69, 9.17) is 12.2 Å². The Morgan fingerprint density at radius 2 is 2.12 bits per heavy atom. The van der Waals surface area contributed by atoms with Gasteiger partial charge in [-0.1, -0.05) is 37.0 Å². The van der Waals surface area contributed by atoms with Gasteiger partial charge in [0.25, 0.3) is 11.5 Å². The minimum Gasteiger partial charge on any atom is -0.369 e. The van der Waals surface area contributed by atoms with Gasteiger partial charge >= 0.3 is 0 Å². The Labute approximate surface area is 195 Å². The molecule has 1 amide bonds. The predicted octanol–water partition coefficient (Wildman–Crippen LogP) is 3.39. The van der Waals surface area contributed by atoms with Crippen molar-refractivity contribution in [3.05, 3.63) is 63.9 Å². The second-order valence-electron chi connectivity index (χ2n) is 7.50. The zero-order valence-electron chi connectivity index (χ0n) is 17.9. The van der Waals surface area contributed by atoms with Crippen molar-refractivity contribution in [2.24, 2.45) is 0 Å². The van der Waals surface area contributed by atoms with E-state index in [9.17, 15) is 9.59 Å². The molecular formula is C22H24N6O2S2. The van der Waals surface area contributed by atoms with Gasteiger partial charge in [0.05, 0.1) is 16.8 Å². The number of carbonyl (C=O) groups is 1. The third-order valence-electron chi connectivity index (χ3n) is 5.34. The van der Waals surface area contributed by atoms with Crippen molar-refractivity contribution in [1.82, 2.24) is 23.8 Å². The average Bonchev–Trinajstić information content (AvgIpc) is 3.41. The van der Waals surface area contributed by atoms with E-state index in [1.54, 1.807) is 41.8 Å². The lowest BCUT2D eigenvalue weighted by atomic mass is 10.2. The van der Waals surface area contributed by atoms with Crippen LogP contribution in [-0.4, -0.2) is 46.6 Å². The molecule has 1 fully saturated rings. The van der Waals surface area contributed by atoms with E-state index in [-0.39, 0.29) is 17.5 Å². The summed E-state index contributed by atoms with van der Waals surface area (Å²) in [6.45, 7) is 5.39. The molecule has 4 heterocycles. The highest BCUT2D eigenvalue weighted by molar-refractivity contribution is 8.26. The molecule has 1 unspecified atom stereocenters. The quantitative estimate of drug-likeness (QED) is 0.308. The fraction of sp³-hybridized carbons (Fsp3) is 0.318. The van der Waals surface area contributed by atoms with Crippen molar-refractivity contribution in [3.63, 3.8) is 0 Å². The van der Waals surface area contributed by atoms with Crippen LogP contribution in [-0.2, 0) is 11.3 Å². The first-order valence-electron chi connectivity index (χ1n) is 10.5. The SMILES string of the molecule is CCC(C)N1C(=O)/C(=C/c2c(NCCCn3ccnc3)nc3ccccn3c2=O)SC1=S. The maximum absolute atomic E-state index is 13.3. The van der Waals surface area contributed by atoms with Crippen molar-refractivity contribution < 1.29 is 4.79 Å². The summed E-state index contributed by atoms with van der Waals surface area (Å²) in [6.07, 6.45) is 10.3. The normalized spacial score (nSPS) is 16.3. The van der Waals surface area contributed by atoms with Crippen LogP contribution >= 0.6 is 24.0 Å². The third kappa shape index (κ3) is 4.46. The monoisotopic (exact) mass is 468 g/mol. The summed E-state index contributed by atoms with van der Waals surface area (Å²) in [5.41, 5.74) is 0.654. The molecule has 8 nitrogen and oxygen atoms in total. The highest BCUT2D eigenvalue weighted by atomic mass is 32.2. The number of hydrogen-bond donors (Lipinski definition) is 1. The van der Waals surface area contributed by atoms with E-state index in [1.165, 1.54) is 16.2 Å². The van der Waals surface area contributed by atoms with Crippen LogP contribution < -0.4 is 10.9 Å². The fourth-order valence-corrected chi connectivity index (χ4v) is 4.87. The van der Waals surface area contributed by atoms with Crippen LogP contribution in [0.25, 0.3) is 11.7 Å². The molecule has 32 heavy (non-hydrogen) atoms. The fourth-order valence-electron chi connectivity index (χ4n) is 3.43. The van der Waals surface area contributed by atoms with Gasteiger partial charge in [0.2, 0.25) is 0 Å². The Morgan fingerprint density at radius 1 is 1.28 bits per heavy atom. The smallest absolute Gasteiger partial charge is 0.267 e. The number of fused-ring (bicyclic) bond motifs is 1. The van der Waals surface area contributed by atoms with Gasteiger partial charge in [-0.05, 0) is 38.0 Å². The second-order valence-corrected chi connectivity index (χ2v) is 9.17. The van der Waals surface area contributed by atoms with E-state index in [0.29, 0.717) is 32.8 Å². The number of nitrogens with one attached hydrogen (secondary N) is 1. The van der Waals surface area contributed by atoms with Crippen LogP contribution in [0, 0.1) is 0 Å². The highest BCUT2D eigenvalue weighted by Gasteiger charge is 2.35. The maximum atomic E-state index is 13.3. The molecule has 1 N–H and O–H groups in total. The molecule has 3 aromatic heterocycles. The molecule has 0 aromatic carbocycles. The second kappa shape index (κ2) is 9.66. The van der Waals surface area contributed by atoms with Crippen LogP contribution in [0.3, 0.4) is 0 Å². The zero-order chi connectivity index (χ0) is 22.7. The minimum absolute atomic E-state index is 0.00463. The number of nitrogens with zero attached hydrogens (tertiary/aromatic N) is 5. The summed E-state index contributed by atoms with van der Waals surface area (Å²) >= 11 is 6.65. The number of thioether (sulfide) groups is 1. The lowest BCUT2D eigenvalue weighted by Crippen LogP contribution is -2.36. The predicted molar refractivity (Wildman–Crippen MR) is 132 cm³/mol. The van der Waals surface area contributed by atoms with Crippen molar-refractivity contribution in [2.75, 3.05) is 11.9 Å². The lowest BCUT2D eigenvalue weighted by Gasteiger charge is -2.21. The maximum Gasteiger partial charge on any atom is 0.267 e. The summed E-state index contributed by atoms with van der Waals surface area (Å²) in [7, 11) is 0. The van der Waals surface area contributed by atoms with Crippen molar-refractivity contribution in [2.45, 2.75) is 39.3 Å². The number of anilines is 1. The number of pyridine rings is 1. The third-order valence-corrected chi connectivity index (χ3v) is 6.67. The molecule has 3 aromatic rings. The molecule has 0 radical (unpaired) electrons. The zero-order valence-corrected chi connectivity index (χ0v) is 19.5. The first-order valence-corrected chi connectivity index (χ1v) is 11.7. The van der Waals surface area contributed by atoms with E-state index < -0.39 is 0 Å². The number of rotatable bonds is 8. The van der Waals surface area contributed by atoms with Gasteiger partial charge in [0.1, 0.15) is 15.8 Å². The number of thiocarbonyl (C=S) groups is 1. The molecule has 1 saturated heterocycles.